The minimum atomic E-state index is -4.28. The number of hydrogen-bond donors (Lipinski definition) is 2. The zero-order chi connectivity index (χ0) is 16.6. The van der Waals surface area contributed by atoms with E-state index in [9.17, 15) is 17.6 Å². The maximum Gasteiger partial charge on any atom is 0.406 e. The average molecular weight is 441 g/mol. The fourth-order valence-corrected chi connectivity index (χ4v) is 3.64. The number of aromatic nitrogens is 1. The number of fused-ring (bicyclic) bond motifs is 1. The van der Waals surface area contributed by atoms with E-state index in [4.69, 9.17) is 0 Å². The van der Waals surface area contributed by atoms with Gasteiger partial charge in [0.1, 0.15) is 12.7 Å². The van der Waals surface area contributed by atoms with Crippen LogP contribution >= 0.6 is 22.6 Å². The quantitative estimate of drug-likeness (QED) is 0.559. The van der Waals surface area contributed by atoms with Crippen LogP contribution in [0.5, 0.6) is 0 Å². The summed E-state index contributed by atoms with van der Waals surface area (Å²) in [5.41, 5.74) is 1.18. The van der Waals surface area contributed by atoms with Gasteiger partial charge in [0, 0.05) is 17.6 Å². The van der Waals surface area contributed by atoms with Gasteiger partial charge in [-0.05, 0) is 53.8 Å². The Morgan fingerprint density at radius 2 is 2.13 bits per heavy atom. The van der Waals surface area contributed by atoms with E-state index in [1.54, 1.807) is 24.3 Å². The molecule has 0 amide bonds. The summed E-state index contributed by atoms with van der Waals surface area (Å²) in [5.74, 6) is 0. The first-order valence-electron chi connectivity index (χ1n) is 7.31. The Balaban J connectivity index is 1.94. The fraction of sp³-hybridized carbons (Fsp3) is 0.467. The number of benzene rings is 1. The Kier molecular flexibility index (Phi) is 4.73. The third kappa shape index (κ3) is 3.73. The molecular weight excluding hydrogens is 425 g/mol. The van der Waals surface area contributed by atoms with Crippen LogP contribution in [0, 0.1) is 3.70 Å². The van der Waals surface area contributed by atoms with Gasteiger partial charge >= 0.3 is 6.18 Å². The van der Waals surface area contributed by atoms with Gasteiger partial charge in [0.2, 0.25) is 0 Å². The van der Waals surface area contributed by atoms with Crippen LogP contribution in [0.2, 0.25) is 0 Å². The molecule has 23 heavy (non-hydrogen) atoms. The van der Waals surface area contributed by atoms with Gasteiger partial charge in [-0.2, -0.15) is 13.2 Å². The lowest BCUT2D eigenvalue weighted by Gasteiger charge is -2.28. The Morgan fingerprint density at radius 3 is 2.83 bits per heavy atom. The molecule has 1 fully saturated rings. The van der Waals surface area contributed by atoms with E-state index < -0.39 is 18.9 Å². The molecule has 1 aliphatic rings. The van der Waals surface area contributed by atoms with Gasteiger partial charge in [-0.15, -0.1) is 0 Å². The summed E-state index contributed by atoms with van der Waals surface area (Å²) >= 11 is 1.90. The molecule has 2 aromatic rings. The van der Waals surface area contributed by atoms with E-state index in [1.807, 2.05) is 22.6 Å². The number of nitrogens with one attached hydrogen (secondary N) is 2. The van der Waals surface area contributed by atoms with Gasteiger partial charge in [0.15, 0.2) is 0 Å². The van der Waals surface area contributed by atoms with Crippen molar-refractivity contribution in [2.24, 2.45) is 0 Å². The van der Waals surface area contributed by atoms with Crippen molar-refractivity contribution in [2.45, 2.75) is 31.4 Å². The molecule has 8 heteroatoms. The van der Waals surface area contributed by atoms with Gasteiger partial charge in [-0.25, -0.2) is 4.39 Å². The first-order valence-corrected chi connectivity index (χ1v) is 8.39. The standard InChI is InChI=1S/C15H16F4IN3/c16-10-7-21-5-4-12(10)22-11-2-1-3-13-9(11)6-14(20)23(13)8-15(17,18)19/h1-3,6,10,12,21-22H,4-5,7-8H2. The van der Waals surface area contributed by atoms with Crippen LogP contribution in [0.1, 0.15) is 6.42 Å². The number of halogens is 5. The van der Waals surface area contributed by atoms with Crippen molar-refractivity contribution >= 4 is 39.2 Å². The summed E-state index contributed by atoms with van der Waals surface area (Å²) in [5, 5.41) is 6.83. The van der Waals surface area contributed by atoms with Crippen molar-refractivity contribution in [3.63, 3.8) is 0 Å². The normalized spacial score (nSPS) is 22.5. The van der Waals surface area contributed by atoms with Crippen molar-refractivity contribution in [2.75, 3.05) is 18.4 Å². The van der Waals surface area contributed by atoms with Crippen LogP contribution in [0.25, 0.3) is 10.9 Å². The number of hydrogen-bond acceptors (Lipinski definition) is 2. The second-order valence-electron chi connectivity index (χ2n) is 5.67. The fourth-order valence-electron chi connectivity index (χ4n) is 2.90. The number of anilines is 1. The molecule has 1 aliphatic heterocycles. The molecule has 0 saturated carbocycles. The second kappa shape index (κ2) is 6.46. The highest BCUT2D eigenvalue weighted by Crippen LogP contribution is 2.31. The lowest BCUT2D eigenvalue weighted by atomic mass is 10.0. The van der Waals surface area contributed by atoms with Crippen molar-refractivity contribution in [3.05, 3.63) is 28.0 Å². The third-order valence-corrected chi connectivity index (χ3v) is 4.88. The minimum absolute atomic E-state index is 0.292. The van der Waals surface area contributed by atoms with Crippen molar-refractivity contribution in [1.29, 1.82) is 0 Å². The first kappa shape index (κ1) is 16.8. The highest BCUT2D eigenvalue weighted by atomic mass is 127. The van der Waals surface area contributed by atoms with Gasteiger partial charge in [-0.3, -0.25) is 0 Å². The van der Waals surface area contributed by atoms with Crippen LogP contribution in [0.15, 0.2) is 24.3 Å². The molecule has 1 aromatic heterocycles. The molecule has 3 rings (SSSR count). The molecule has 0 radical (unpaired) electrons. The topological polar surface area (TPSA) is 29.0 Å². The van der Waals surface area contributed by atoms with Crippen LogP contribution < -0.4 is 10.6 Å². The summed E-state index contributed by atoms with van der Waals surface area (Å²) in [6.45, 7) is -0.0156. The van der Waals surface area contributed by atoms with E-state index in [0.717, 1.165) is 6.54 Å². The monoisotopic (exact) mass is 441 g/mol. The molecule has 1 saturated heterocycles. The average Bonchev–Trinajstić information content (AvgIpc) is 2.77. The summed E-state index contributed by atoms with van der Waals surface area (Å²) in [4.78, 5) is 0. The van der Waals surface area contributed by atoms with E-state index in [-0.39, 0.29) is 6.04 Å². The molecule has 1 aromatic carbocycles. The molecule has 126 valence electrons. The Morgan fingerprint density at radius 1 is 1.35 bits per heavy atom. The predicted octanol–water partition coefficient (Wildman–Crippen LogP) is 3.92. The first-order chi connectivity index (χ1) is 10.8. The Bertz CT molecular complexity index is 698. The van der Waals surface area contributed by atoms with E-state index in [0.29, 0.717) is 33.3 Å². The summed E-state index contributed by atoms with van der Waals surface area (Å²) in [7, 11) is 0. The van der Waals surface area contributed by atoms with Crippen LogP contribution in [-0.4, -0.2) is 36.0 Å². The van der Waals surface area contributed by atoms with Gasteiger partial charge in [0.05, 0.1) is 15.3 Å². The molecule has 0 bridgehead atoms. The maximum atomic E-state index is 14.0. The molecule has 3 nitrogen and oxygen atoms in total. The van der Waals surface area contributed by atoms with Crippen molar-refractivity contribution < 1.29 is 17.6 Å². The van der Waals surface area contributed by atoms with E-state index >= 15 is 0 Å². The van der Waals surface area contributed by atoms with Crippen LogP contribution in [0.3, 0.4) is 0 Å². The summed E-state index contributed by atoms with van der Waals surface area (Å²) < 4.78 is 54.0. The third-order valence-electron chi connectivity index (χ3n) is 3.98. The van der Waals surface area contributed by atoms with Crippen LogP contribution in [0.4, 0.5) is 23.2 Å². The lowest BCUT2D eigenvalue weighted by molar-refractivity contribution is -0.140. The van der Waals surface area contributed by atoms with E-state index in [1.165, 1.54) is 4.57 Å². The SMILES string of the molecule is FC1CNCCC1Nc1cccc2c1cc(I)n2CC(F)(F)F. The zero-order valence-corrected chi connectivity index (χ0v) is 14.3. The molecule has 0 spiro atoms. The smallest absolute Gasteiger partial charge is 0.379 e. The molecule has 2 unspecified atom stereocenters. The number of alkyl halides is 4. The predicted molar refractivity (Wildman–Crippen MR) is 90.5 cm³/mol. The second-order valence-corrected chi connectivity index (χ2v) is 6.77. The molecule has 2 atom stereocenters. The molecule has 2 N–H and O–H groups in total. The highest BCUT2D eigenvalue weighted by Gasteiger charge is 2.30. The highest BCUT2D eigenvalue weighted by molar-refractivity contribution is 14.1. The number of piperidine rings is 1. The van der Waals surface area contributed by atoms with Crippen LogP contribution in [-0.2, 0) is 6.54 Å². The van der Waals surface area contributed by atoms with Gasteiger partial charge in [0.25, 0.3) is 0 Å². The van der Waals surface area contributed by atoms with Gasteiger partial charge in [-0.1, -0.05) is 6.07 Å². The maximum absolute atomic E-state index is 14.0. The zero-order valence-electron chi connectivity index (χ0n) is 12.1. The van der Waals surface area contributed by atoms with Crippen molar-refractivity contribution in [1.82, 2.24) is 9.88 Å². The van der Waals surface area contributed by atoms with Gasteiger partial charge < -0.3 is 15.2 Å². The largest absolute Gasteiger partial charge is 0.406 e. The molecule has 0 aliphatic carbocycles. The lowest BCUT2D eigenvalue weighted by Crippen LogP contribution is -2.45. The number of rotatable bonds is 3. The van der Waals surface area contributed by atoms with Crippen molar-refractivity contribution in [3.8, 4) is 0 Å². The Labute approximate surface area is 144 Å². The minimum Gasteiger partial charge on any atom is -0.379 e. The summed E-state index contributed by atoms with van der Waals surface area (Å²) in [6, 6.07) is 6.51. The number of nitrogens with zero attached hydrogens (tertiary/aromatic N) is 1. The molecule has 2 heterocycles. The van der Waals surface area contributed by atoms with E-state index in [2.05, 4.69) is 10.6 Å². The molecular formula is C15H16F4IN3. The summed E-state index contributed by atoms with van der Waals surface area (Å²) in [6.07, 6.45) is -4.66. The Hall–Kier alpha value is -1.03.